The van der Waals surface area contributed by atoms with Gasteiger partial charge in [-0.2, -0.15) is 26.3 Å². The van der Waals surface area contributed by atoms with E-state index in [9.17, 15) is 30.6 Å². The number of alkyl halides is 6. The summed E-state index contributed by atoms with van der Waals surface area (Å²) in [5, 5.41) is 0.499. The van der Waals surface area contributed by atoms with E-state index in [4.69, 9.17) is 0 Å². The zero-order chi connectivity index (χ0) is 11.9. The van der Waals surface area contributed by atoms with Crippen LogP contribution >= 0.6 is 11.3 Å². The first-order valence-electron chi connectivity index (χ1n) is 3.26. The number of rotatable bonds is 1. The lowest BCUT2D eigenvalue weighted by atomic mass is 10.3. The van der Waals surface area contributed by atoms with Crippen LogP contribution in [0.2, 0.25) is 0 Å². The first kappa shape index (κ1) is 12.5. The Morgan fingerprint density at radius 3 is 2.00 bits per heavy atom. The highest BCUT2D eigenvalue weighted by atomic mass is 32.2. The molecule has 0 aliphatic heterocycles. The van der Waals surface area contributed by atoms with Gasteiger partial charge in [-0.15, -0.1) is 11.3 Å². The molecule has 0 aliphatic carbocycles. The van der Waals surface area contributed by atoms with Crippen LogP contribution in [0.25, 0.3) is 0 Å². The summed E-state index contributed by atoms with van der Waals surface area (Å²) < 4.78 is 81.3. The minimum Gasteiger partial charge on any atom is -0.244 e. The molecule has 0 saturated heterocycles. The van der Waals surface area contributed by atoms with Crippen molar-refractivity contribution in [3.63, 3.8) is 0 Å². The van der Waals surface area contributed by atoms with Gasteiger partial charge in [-0.25, -0.2) is 4.21 Å². The Kier molecular flexibility index (Phi) is 3.15. The molecule has 1 unspecified atom stereocenters. The fraction of sp³-hybridized carbons (Fsp3) is 0.333. The van der Waals surface area contributed by atoms with E-state index in [2.05, 4.69) is 0 Å². The van der Waals surface area contributed by atoms with Crippen molar-refractivity contribution >= 4 is 22.1 Å². The van der Waals surface area contributed by atoms with E-state index >= 15 is 0 Å². The fourth-order valence-corrected chi connectivity index (χ4v) is 2.56. The summed E-state index contributed by atoms with van der Waals surface area (Å²) in [5.41, 5.74) is -6.26. The minimum absolute atomic E-state index is 0.171. The molecule has 86 valence electrons. The highest BCUT2D eigenvalue weighted by Crippen LogP contribution is 2.36. The largest absolute Gasteiger partial charge is 0.476 e. The average Bonchev–Trinajstić information content (AvgIpc) is 2.47. The Morgan fingerprint density at radius 2 is 1.67 bits per heavy atom. The Bertz CT molecular complexity index is 376. The monoisotopic (exact) mass is 268 g/mol. The minimum atomic E-state index is -5.03. The summed E-state index contributed by atoms with van der Waals surface area (Å²) in [5.74, 6) is 0. The van der Waals surface area contributed by atoms with Crippen LogP contribution in [0.1, 0.15) is 5.56 Å². The molecular weight excluding hydrogens is 266 g/mol. The standard InChI is InChI=1S/C6H2F6OS2/c7-5(8,9)3-1-4(14-2-3)15(13)6(10,11)12/h1-2H. The van der Waals surface area contributed by atoms with E-state index in [0.717, 1.165) is 0 Å². The van der Waals surface area contributed by atoms with E-state index in [1.807, 2.05) is 0 Å². The topological polar surface area (TPSA) is 17.1 Å². The second-order valence-corrected chi connectivity index (χ2v) is 4.98. The van der Waals surface area contributed by atoms with Crippen LogP contribution < -0.4 is 0 Å². The Hall–Kier alpha value is -0.570. The van der Waals surface area contributed by atoms with Crippen molar-refractivity contribution in [2.75, 3.05) is 0 Å². The van der Waals surface area contributed by atoms with E-state index in [-0.39, 0.29) is 17.4 Å². The van der Waals surface area contributed by atoms with Gasteiger partial charge in [-0.05, 0) is 6.07 Å². The normalized spacial score (nSPS) is 15.3. The van der Waals surface area contributed by atoms with Gasteiger partial charge in [0.1, 0.15) is 4.21 Å². The summed E-state index contributed by atoms with van der Waals surface area (Å²) in [6, 6.07) is 0.244. The molecule has 1 aromatic heterocycles. The number of hydrogen-bond donors (Lipinski definition) is 0. The molecular formula is C6H2F6OS2. The maximum absolute atomic E-state index is 12.0. The van der Waals surface area contributed by atoms with Crippen molar-refractivity contribution < 1.29 is 30.6 Å². The van der Waals surface area contributed by atoms with E-state index in [0.29, 0.717) is 5.38 Å². The van der Waals surface area contributed by atoms with Gasteiger partial charge in [0.25, 0.3) is 0 Å². The highest BCUT2D eigenvalue weighted by Gasteiger charge is 2.40. The molecule has 1 aromatic rings. The lowest BCUT2D eigenvalue weighted by molar-refractivity contribution is -0.137. The SMILES string of the molecule is O=S(c1cc(C(F)(F)F)cs1)C(F)(F)F. The molecule has 0 fully saturated rings. The maximum atomic E-state index is 12.0. The van der Waals surface area contributed by atoms with Crippen molar-refractivity contribution in [2.24, 2.45) is 0 Å². The smallest absolute Gasteiger partial charge is 0.244 e. The third-order valence-corrected chi connectivity index (χ3v) is 3.66. The van der Waals surface area contributed by atoms with Crippen LogP contribution in [0.5, 0.6) is 0 Å². The summed E-state index contributed by atoms with van der Waals surface area (Å²) in [6.45, 7) is 0. The molecule has 15 heavy (non-hydrogen) atoms. The molecule has 0 radical (unpaired) electrons. The molecule has 0 aromatic carbocycles. The number of halogens is 6. The van der Waals surface area contributed by atoms with Gasteiger partial charge in [0.2, 0.25) is 0 Å². The number of hydrogen-bond acceptors (Lipinski definition) is 2. The van der Waals surface area contributed by atoms with Crippen molar-refractivity contribution in [1.29, 1.82) is 0 Å². The first-order chi connectivity index (χ1) is 6.62. The predicted octanol–water partition coefficient (Wildman–Crippen LogP) is 3.39. The second kappa shape index (κ2) is 3.78. The molecule has 1 nitrogen and oxygen atoms in total. The van der Waals surface area contributed by atoms with Gasteiger partial charge in [-0.1, -0.05) is 0 Å². The van der Waals surface area contributed by atoms with Gasteiger partial charge in [0.15, 0.2) is 10.8 Å². The first-order valence-corrected chi connectivity index (χ1v) is 5.29. The Morgan fingerprint density at radius 1 is 1.13 bits per heavy atom. The molecule has 1 rings (SSSR count). The number of thiophene rings is 1. The van der Waals surface area contributed by atoms with E-state index in [1.54, 1.807) is 0 Å². The second-order valence-electron chi connectivity index (χ2n) is 2.37. The lowest BCUT2D eigenvalue weighted by Gasteiger charge is -2.03. The maximum Gasteiger partial charge on any atom is 0.476 e. The molecule has 0 N–H and O–H groups in total. The van der Waals surface area contributed by atoms with Crippen LogP contribution in [0.3, 0.4) is 0 Å². The fourth-order valence-electron chi connectivity index (χ4n) is 0.676. The quantitative estimate of drug-likeness (QED) is 0.713. The molecule has 1 atom stereocenters. The van der Waals surface area contributed by atoms with Crippen molar-refractivity contribution in [3.05, 3.63) is 17.0 Å². The Labute approximate surface area is 86.2 Å². The van der Waals surface area contributed by atoms with Crippen LogP contribution in [0.4, 0.5) is 26.3 Å². The summed E-state index contributed by atoms with van der Waals surface area (Å²) >= 11 is 0.171. The van der Waals surface area contributed by atoms with Crippen molar-refractivity contribution in [3.8, 4) is 0 Å². The van der Waals surface area contributed by atoms with Crippen LogP contribution in [0.15, 0.2) is 15.7 Å². The van der Waals surface area contributed by atoms with Gasteiger partial charge in [-0.3, -0.25) is 0 Å². The third-order valence-electron chi connectivity index (χ3n) is 1.30. The highest BCUT2D eigenvalue weighted by molar-refractivity contribution is 7.88. The molecule has 0 bridgehead atoms. The van der Waals surface area contributed by atoms with Crippen molar-refractivity contribution in [1.82, 2.24) is 0 Å². The van der Waals surface area contributed by atoms with E-state index in [1.165, 1.54) is 0 Å². The zero-order valence-corrected chi connectivity index (χ0v) is 8.28. The van der Waals surface area contributed by atoms with Gasteiger partial charge < -0.3 is 0 Å². The summed E-state index contributed by atoms with van der Waals surface area (Å²) in [4.78, 5) is 0. The van der Waals surface area contributed by atoms with E-state index < -0.39 is 32.3 Å². The molecule has 0 saturated carbocycles. The summed E-state index contributed by atoms with van der Waals surface area (Å²) in [6.07, 6.45) is -4.72. The third kappa shape index (κ3) is 2.94. The van der Waals surface area contributed by atoms with Crippen molar-refractivity contribution in [2.45, 2.75) is 15.9 Å². The zero-order valence-electron chi connectivity index (χ0n) is 6.65. The van der Waals surface area contributed by atoms with Crippen LogP contribution in [-0.4, -0.2) is 9.72 Å². The summed E-state index contributed by atoms with van der Waals surface area (Å²) in [7, 11) is -3.40. The van der Waals surface area contributed by atoms with Crippen LogP contribution in [-0.2, 0) is 17.0 Å². The molecule has 9 heteroatoms. The van der Waals surface area contributed by atoms with Crippen LogP contribution in [0, 0.1) is 0 Å². The van der Waals surface area contributed by atoms with Gasteiger partial charge >= 0.3 is 11.7 Å². The van der Waals surface area contributed by atoms with Gasteiger partial charge in [0.05, 0.1) is 5.56 Å². The Balaban J connectivity index is 3.01. The molecule has 0 amide bonds. The predicted molar refractivity (Wildman–Crippen MR) is 41.8 cm³/mol. The molecule has 1 heterocycles. The average molecular weight is 268 g/mol. The molecule has 0 aliphatic rings. The van der Waals surface area contributed by atoms with Gasteiger partial charge in [0, 0.05) is 5.38 Å². The molecule has 0 spiro atoms. The lowest BCUT2D eigenvalue weighted by Crippen LogP contribution is -2.15.